The van der Waals surface area contributed by atoms with Crippen LogP contribution in [-0.2, 0) is 10.2 Å². The predicted molar refractivity (Wildman–Crippen MR) is 99.2 cm³/mol. The molecule has 0 aliphatic heterocycles. The number of hydrogen-bond donors (Lipinski definition) is 3. The summed E-state index contributed by atoms with van der Waals surface area (Å²) in [5.74, 6) is -0.653. The Morgan fingerprint density at radius 2 is 1.76 bits per heavy atom. The van der Waals surface area contributed by atoms with E-state index in [0.29, 0.717) is 10.6 Å². The van der Waals surface area contributed by atoms with Crippen molar-refractivity contribution in [2.24, 2.45) is 0 Å². The highest BCUT2D eigenvalue weighted by Crippen LogP contribution is 2.30. The molecule has 2 aromatic carbocycles. The molecule has 2 amide bonds. The van der Waals surface area contributed by atoms with Gasteiger partial charge >= 0.3 is 0 Å². The van der Waals surface area contributed by atoms with Gasteiger partial charge in [-0.15, -0.1) is 11.3 Å². The number of rotatable bonds is 4. The molecule has 0 aliphatic carbocycles. The molecule has 5 nitrogen and oxygen atoms in total. The molecule has 6 heteroatoms. The predicted octanol–water partition coefficient (Wildman–Crippen LogP) is 3.94. The van der Waals surface area contributed by atoms with Gasteiger partial charge < -0.3 is 5.32 Å². The summed E-state index contributed by atoms with van der Waals surface area (Å²) >= 11 is 1.25. The van der Waals surface area contributed by atoms with Crippen molar-refractivity contribution in [3.63, 3.8) is 0 Å². The summed E-state index contributed by atoms with van der Waals surface area (Å²) in [4.78, 5) is 24.6. The van der Waals surface area contributed by atoms with Gasteiger partial charge in [-0.25, -0.2) is 5.48 Å². The van der Waals surface area contributed by atoms with Crippen molar-refractivity contribution in [1.82, 2.24) is 5.48 Å². The number of benzene rings is 2. The highest BCUT2D eigenvalue weighted by Gasteiger charge is 2.29. The number of nitrogens with one attached hydrogen (secondary N) is 2. The van der Waals surface area contributed by atoms with Gasteiger partial charge in [-0.2, -0.15) is 0 Å². The molecular formula is C19H18N2O3S. The Morgan fingerprint density at radius 1 is 1.04 bits per heavy atom. The lowest BCUT2D eigenvalue weighted by Gasteiger charge is -2.24. The van der Waals surface area contributed by atoms with Crippen LogP contribution in [0.4, 0.5) is 5.69 Å². The number of carbonyl (C=O) groups is 2. The molecule has 0 saturated carbocycles. The van der Waals surface area contributed by atoms with Gasteiger partial charge in [0.15, 0.2) is 0 Å². The third kappa shape index (κ3) is 3.40. The van der Waals surface area contributed by atoms with E-state index in [1.807, 2.05) is 56.3 Å². The van der Waals surface area contributed by atoms with E-state index in [0.717, 1.165) is 15.6 Å². The van der Waals surface area contributed by atoms with Crippen LogP contribution in [0.2, 0.25) is 0 Å². The average Bonchev–Trinajstić information content (AvgIpc) is 3.05. The number of anilines is 1. The fourth-order valence-electron chi connectivity index (χ4n) is 2.55. The third-order valence-electron chi connectivity index (χ3n) is 4.17. The topological polar surface area (TPSA) is 78.4 Å². The van der Waals surface area contributed by atoms with Gasteiger partial charge in [-0.3, -0.25) is 14.8 Å². The SMILES string of the molecule is CC(C)(C(=O)Nc1ccc2cc(C(=O)NO)sc2c1)c1ccccc1. The highest BCUT2D eigenvalue weighted by atomic mass is 32.1. The second-order valence-corrected chi connectivity index (χ2v) is 7.33. The summed E-state index contributed by atoms with van der Waals surface area (Å²) in [6.07, 6.45) is 0. The summed E-state index contributed by atoms with van der Waals surface area (Å²) < 4.78 is 0.855. The van der Waals surface area contributed by atoms with Crippen molar-refractivity contribution in [3.8, 4) is 0 Å². The Labute approximate surface area is 149 Å². The molecule has 0 fully saturated rings. The van der Waals surface area contributed by atoms with Crippen molar-refractivity contribution in [3.05, 3.63) is 65.0 Å². The van der Waals surface area contributed by atoms with Gasteiger partial charge in [0.05, 0.1) is 10.3 Å². The smallest absolute Gasteiger partial charge is 0.284 e. The number of fused-ring (bicyclic) bond motifs is 1. The molecule has 3 rings (SSSR count). The monoisotopic (exact) mass is 354 g/mol. The molecule has 0 spiro atoms. The first-order chi connectivity index (χ1) is 11.9. The van der Waals surface area contributed by atoms with Crippen LogP contribution in [0.3, 0.4) is 0 Å². The summed E-state index contributed by atoms with van der Waals surface area (Å²) in [6, 6.07) is 16.8. The van der Waals surface area contributed by atoms with Crippen molar-refractivity contribution in [2.45, 2.75) is 19.3 Å². The van der Waals surface area contributed by atoms with Crippen LogP contribution in [0.1, 0.15) is 29.1 Å². The fraction of sp³-hybridized carbons (Fsp3) is 0.158. The number of amides is 2. The lowest BCUT2D eigenvalue weighted by Crippen LogP contribution is -2.34. The van der Waals surface area contributed by atoms with Gasteiger partial charge in [-0.05, 0) is 43.0 Å². The van der Waals surface area contributed by atoms with E-state index in [4.69, 9.17) is 5.21 Å². The lowest BCUT2D eigenvalue weighted by atomic mass is 9.83. The molecule has 25 heavy (non-hydrogen) atoms. The summed E-state index contributed by atoms with van der Waals surface area (Å²) in [7, 11) is 0. The number of hydrogen-bond acceptors (Lipinski definition) is 4. The highest BCUT2D eigenvalue weighted by molar-refractivity contribution is 7.20. The minimum atomic E-state index is -0.673. The first kappa shape index (κ1) is 17.1. The first-order valence-electron chi connectivity index (χ1n) is 7.77. The maximum absolute atomic E-state index is 12.7. The molecule has 0 aliphatic rings. The van der Waals surface area contributed by atoms with Crippen LogP contribution in [-0.4, -0.2) is 17.0 Å². The zero-order valence-electron chi connectivity index (χ0n) is 13.9. The summed E-state index contributed by atoms with van der Waals surface area (Å²) in [5, 5.41) is 12.6. The Morgan fingerprint density at radius 3 is 2.44 bits per heavy atom. The van der Waals surface area contributed by atoms with E-state index in [1.165, 1.54) is 11.3 Å². The quantitative estimate of drug-likeness (QED) is 0.490. The molecule has 0 bridgehead atoms. The normalized spacial score (nSPS) is 11.3. The van der Waals surface area contributed by atoms with Crippen molar-refractivity contribution in [2.75, 3.05) is 5.32 Å². The second-order valence-electron chi connectivity index (χ2n) is 6.25. The zero-order valence-corrected chi connectivity index (χ0v) is 14.7. The van der Waals surface area contributed by atoms with Crippen LogP contribution in [0.5, 0.6) is 0 Å². The van der Waals surface area contributed by atoms with Gasteiger partial charge in [0.1, 0.15) is 0 Å². The molecule has 3 N–H and O–H groups in total. The Bertz CT molecular complexity index is 932. The van der Waals surface area contributed by atoms with E-state index in [1.54, 1.807) is 17.6 Å². The van der Waals surface area contributed by atoms with Crippen molar-refractivity contribution >= 4 is 38.9 Å². The molecular weight excluding hydrogens is 336 g/mol. The van der Waals surface area contributed by atoms with E-state index in [2.05, 4.69) is 5.32 Å². The standard InChI is InChI=1S/C19H18N2O3S/c1-19(2,13-6-4-3-5-7-13)18(23)20-14-9-8-12-10-16(17(22)21-24)25-15(12)11-14/h3-11,24H,1-2H3,(H,20,23)(H,21,22). The van der Waals surface area contributed by atoms with Crippen LogP contribution >= 0.6 is 11.3 Å². The minimum absolute atomic E-state index is 0.108. The minimum Gasteiger partial charge on any atom is -0.325 e. The van der Waals surface area contributed by atoms with Crippen molar-refractivity contribution < 1.29 is 14.8 Å². The van der Waals surface area contributed by atoms with Crippen LogP contribution in [0, 0.1) is 0 Å². The Hall–Kier alpha value is -2.70. The maximum atomic E-state index is 12.7. The molecule has 1 heterocycles. The van der Waals surface area contributed by atoms with Crippen LogP contribution in [0.15, 0.2) is 54.6 Å². The van der Waals surface area contributed by atoms with Crippen molar-refractivity contribution in [1.29, 1.82) is 0 Å². The molecule has 0 saturated heterocycles. The zero-order chi connectivity index (χ0) is 18.0. The third-order valence-corrected chi connectivity index (χ3v) is 5.26. The van der Waals surface area contributed by atoms with E-state index < -0.39 is 11.3 Å². The summed E-state index contributed by atoms with van der Waals surface area (Å²) in [5.41, 5.74) is 2.56. The van der Waals surface area contributed by atoms with E-state index in [9.17, 15) is 9.59 Å². The van der Waals surface area contributed by atoms with Gasteiger partial charge in [0, 0.05) is 10.4 Å². The number of carbonyl (C=O) groups excluding carboxylic acids is 2. The molecule has 1 aromatic heterocycles. The van der Waals surface area contributed by atoms with Crippen LogP contribution in [0.25, 0.3) is 10.1 Å². The molecule has 0 unspecified atom stereocenters. The van der Waals surface area contributed by atoms with Gasteiger partial charge in [-0.1, -0.05) is 36.4 Å². The molecule has 0 atom stereocenters. The fourth-order valence-corrected chi connectivity index (χ4v) is 3.54. The van der Waals surface area contributed by atoms with E-state index >= 15 is 0 Å². The molecule has 0 radical (unpaired) electrons. The average molecular weight is 354 g/mol. The molecule has 3 aromatic rings. The number of thiophene rings is 1. The van der Waals surface area contributed by atoms with Gasteiger partial charge in [0.25, 0.3) is 5.91 Å². The first-order valence-corrected chi connectivity index (χ1v) is 8.58. The number of hydroxylamine groups is 1. The van der Waals surface area contributed by atoms with Crippen LogP contribution < -0.4 is 10.8 Å². The van der Waals surface area contributed by atoms with Gasteiger partial charge in [0.2, 0.25) is 5.91 Å². The summed E-state index contributed by atoms with van der Waals surface area (Å²) in [6.45, 7) is 3.76. The largest absolute Gasteiger partial charge is 0.325 e. The maximum Gasteiger partial charge on any atom is 0.284 e. The molecule has 128 valence electrons. The lowest BCUT2D eigenvalue weighted by molar-refractivity contribution is -0.120. The second kappa shape index (κ2) is 6.66. The Kier molecular flexibility index (Phi) is 4.57. The van der Waals surface area contributed by atoms with E-state index in [-0.39, 0.29) is 5.91 Å². The Balaban J connectivity index is 1.85.